The van der Waals surface area contributed by atoms with Gasteiger partial charge in [0.2, 0.25) is 11.8 Å². The first-order valence-corrected chi connectivity index (χ1v) is 14.5. The van der Waals surface area contributed by atoms with Gasteiger partial charge >= 0.3 is 0 Å². The molecule has 1 saturated carbocycles. The summed E-state index contributed by atoms with van der Waals surface area (Å²) in [6.45, 7) is 7.78. The molecule has 1 aromatic heterocycles. The van der Waals surface area contributed by atoms with Gasteiger partial charge in [-0.25, -0.2) is 13.8 Å². The highest BCUT2D eigenvalue weighted by molar-refractivity contribution is 5.94. The van der Waals surface area contributed by atoms with Gasteiger partial charge < -0.3 is 20.5 Å². The van der Waals surface area contributed by atoms with E-state index in [0.29, 0.717) is 48.5 Å². The van der Waals surface area contributed by atoms with Crippen molar-refractivity contribution in [1.82, 2.24) is 20.2 Å². The van der Waals surface area contributed by atoms with E-state index in [1.165, 1.54) is 25.3 Å². The number of carbonyl (C=O) groups is 2. The van der Waals surface area contributed by atoms with Crippen LogP contribution in [0.25, 0.3) is 0 Å². The van der Waals surface area contributed by atoms with Crippen molar-refractivity contribution in [2.45, 2.75) is 116 Å². The number of rotatable bonds is 10. The number of benzene rings is 1. The Morgan fingerprint density at radius 1 is 1.15 bits per heavy atom. The molecule has 2 aliphatic rings. The number of fused-ring (bicyclic) bond motifs is 1. The minimum absolute atomic E-state index is 0.0777. The second-order valence-corrected chi connectivity index (χ2v) is 11.8. The van der Waals surface area contributed by atoms with Crippen LogP contribution in [0.3, 0.4) is 0 Å². The second kappa shape index (κ2) is 12.6. The van der Waals surface area contributed by atoms with Gasteiger partial charge in [0.05, 0.1) is 12.4 Å². The summed E-state index contributed by atoms with van der Waals surface area (Å²) >= 11 is 0. The predicted octanol–water partition coefficient (Wildman–Crippen LogP) is 5.24. The third kappa shape index (κ3) is 7.04. The summed E-state index contributed by atoms with van der Waals surface area (Å²) < 4.78 is 29.7. The first kappa shape index (κ1) is 29.2. The van der Waals surface area contributed by atoms with Gasteiger partial charge in [-0.05, 0) is 82.4 Å². The summed E-state index contributed by atoms with van der Waals surface area (Å²) in [6, 6.07) is 1.86. The monoisotopic (exact) mass is 543 g/mol. The zero-order valence-corrected chi connectivity index (χ0v) is 23.7. The number of nitrogens with one attached hydrogen (secondary N) is 3. The average Bonchev–Trinajstić information content (AvgIpc) is 3.38. The molecule has 9 heteroatoms. The van der Waals surface area contributed by atoms with Crippen molar-refractivity contribution in [3.8, 4) is 0 Å². The fourth-order valence-corrected chi connectivity index (χ4v) is 5.95. The van der Waals surface area contributed by atoms with Crippen LogP contribution in [0.2, 0.25) is 0 Å². The SMILES string of the molecule is CCC[C@H](NC1CCc2cc(F)cc(F)c2C1)C(=O)Nc1cn(C(C)(C)C(=O)N[C@@H](C)C2CCCCC2)cn1. The molecule has 1 heterocycles. The lowest BCUT2D eigenvalue weighted by molar-refractivity contribution is -0.129. The first-order chi connectivity index (χ1) is 18.6. The fraction of sp³-hybridized carbons (Fsp3) is 0.633. The zero-order valence-electron chi connectivity index (χ0n) is 23.7. The molecule has 4 rings (SSSR count). The number of hydrogen-bond acceptors (Lipinski definition) is 4. The van der Waals surface area contributed by atoms with Crippen LogP contribution >= 0.6 is 0 Å². The molecule has 2 aromatic rings. The molecule has 1 fully saturated rings. The highest BCUT2D eigenvalue weighted by atomic mass is 19.1. The van der Waals surface area contributed by atoms with E-state index in [2.05, 4.69) is 27.9 Å². The van der Waals surface area contributed by atoms with E-state index in [-0.39, 0.29) is 23.9 Å². The molecule has 1 aromatic carbocycles. The molecule has 2 amide bonds. The Bertz CT molecular complexity index is 1160. The summed E-state index contributed by atoms with van der Waals surface area (Å²) in [5.41, 5.74) is 0.346. The van der Waals surface area contributed by atoms with Crippen molar-refractivity contribution in [3.05, 3.63) is 47.4 Å². The van der Waals surface area contributed by atoms with Crippen molar-refractivity contribution in [2.75, 3.05) is 5.32 Å². The van der Waals surface area contributed by atoms with Crippen LogP contribution in [0.5, 0.6) is 0 Å². The Balaban J connectivity index is 1.36. The van der Waals surface area contributed by atoms with Gasteiger partial charge in [-0.3, -0.25) is 9.59 Å². The Morgan fingerprint density at radius 3 is 2.62 bits per heavy atom. The van der Waals surface area contributed by atoms with Crippen LogP contribution in [-0.4, -0.2) is 39.5 Å². The van der Waals surface area contributed by atoms with Crippen LogP contribution in [0.15, 0.2) is 24.7 Å². The number of aromatic nitrogens is 2. The fourth-order valence-electron chi connectivity index (χ4n) is 5.95. The average molecular weight is 544 g/mol. The number of imidazole rings is 1. The molecule has 0 aliphatic heterocycles. The van der Waals surface area contributed by atoms with E-state index in [0.717, 1.165) is 25.3 Å². The van der Waals surface area contributed by atoms with Gasteiger partial charge in [-0.15, -0.1) is 0 Å². The number of hydrogen-bond donors (Lipinski definition) is 3. The number of aryl methyl sites for hydroxylation is 1. The van der Waals surface area contributed by atoms with Crippen molar-refractivity contribution in [1.29, 1.82) is 0 Å². The van der Waals surface area contributed by atoms with E-state index < -0.39 is 23.2 Å². The highest BCUT2D eigenvalue weighted by Crippen LogP contribution is 2.28. The van der Waals surface area contributed by atoms with E-state index >= 15 is 0 Å². The zero-order chi connectivity index (χ0) is 28.2. The maximum Gasteiger partial charge on any atom is 0.245 e. The molecule has 7 nitrogen and oxygen atoms in total. The molecule has 3 N–H and O–H groups in total. The molecule has 0 radical (unpaired) electrons. The first-order valence-electron chi connectivity index (χ1n) is 14.5. The third-order valence-electron chi connectivity index (χ3n) is 8.55. The topological polar surface area (TPSA) is 88.0 Å². The number of nitrogens with zero attached hydrogens (tertiary/aromatic N) is 2. The molecule has 0 saturated heterocycles. The van der Waals surface area contributed by atoms with Gasteiger partial charge in [0, 0.05) is 24.3 Å². The van der Waals surface area contributed by atoms with E-state index in [9.17, 15) is 18.4 Å². The molecule has 0 spiro atoms. The quantitative estimate of drug-likeness (QED) is 0.383. The molecule has 0 bridgehead atoms. The minimum Gasteiger partial charge on any atom is -0.351 e. The summed E-state index contributed by atoms with van der Waals surface area (Å²) in [5.74, 6) is -0.501. The smallest absolute Gasteiger partial charge is 0.245 e. The van der Waals surface area contributed by atoms with Crippen LogP contribution in [0, 0.1) is 17.6 Å². The lowest BCUT2D eigenvalue weighted by Gasteiger charge is -2.32. The molecule has 3 atom stereocenters. The largest absolute Gasteiger partial charge is 0.351 e. The number of amides is 2. The minimum atomic E-state index is -0.876. The second-order valence-electron chi connectivity index (χ2n) is 11.8. The predicted molar refractivity (Wildman–Crippen MR) is 148 cm³/mol. The normalized spacial score (nSPS) is 19.7. The van der Waals surface area contributed by atoms with Crippen molar-refractivity contribution in [2.24, 2.45) is 5.92 Å². The van der Waals surface area contributed by atoms with Gasteiger partial charge in [0.1, 0.15) is 17.2 Å². The Morgan fingerprint density at radius 2 is 1.90 bits per heavy atom. The van der Waals surface area contributed by atoms with Crippen LogP contribution in [0.1, 0.15) is 90.2 Å². The maximum atomic E-state index is 14.4. The van der Waals surface area contributed by atoms with Crippen molar-refractivity contribution < 1.29 is 18.4 Å². The Kier molecular flexibility index (Phi) is 9.41. The van der Waals surface area contributed by atoms with Gasteiger partial charge in [0.25, 0.3) is 0 Å². The highest BCUT2D eigenvalue weighted by Gasteiger charge is 2.33. The standard InChI is InChI=1S/C30H43F2N5O2/c1-5-9-26(35-23-13-12-21-14-22(31)15-25(32)24(21)16-23)28(38)36-27-17-37(18-33-27)30(3,4)29(39)34-19(2)20-10-7-6-8-11-20/h14-15,17-20,23,26,35H,5-13,16H2,1-4H3,(H,34,39)(H,36,38)/t19-,23?,26-/m0/s1. The third-order valence-corrected chi connectivity index (χ3v) is 8.55. The number of halogens is 2. The van der Waals surface area contributed by atoms with Gasteiger partial charge in [-0.1, -0.05) is 32.6 Å². The molecule has 1 unspecified atom stereocenters. The molecular weight excluding hydrogens is 500 g/mol. The van der Waals surface area contributed by atoms with Crippen molar-refractivity contribution >= 4 is 17.6 Å². The summed E-state index contributed by atoms with van der Waals surface area (Å²) in [6.07, 6.45) is 12.3. The lowest BCUT2D eigenvalue weighted by atomic mass is 9.84. The van der Waals surface area contributed by atoms with Gasteiger partial charge in [-0.2, -0.15) is 0 Å². The molecule has 39 heavy (non-hydrogen) atoms. The van der Waals surface area contributed by atoms with E-state index in [1.54, 1.807) is 17.1 Å². The van der Waals surface area contributed by atoms with Crippen LogP contribution in [-0.2, 0) is 28.0 Å². The van der Waals surface area contributed by atoms with E-state index in [4.69, 9.17) is 0 Å². The lowest BCUT2D eigenvalue weighted by Crippen LogP contribution is -2.49. The summed E-state index contributed by atoms with van der Waals surface area (Å²) in [5, 5.41) is 9.49. The molecule has 214 valence electrons. The van der Waals surface area contributed by atoms with Gasteiger partial charge in [0.15, 0.2) is 5.82 Å². The summed E-state index contributed by atoms with van der Waals surface area (Å²) in [4.78, 5) is 30.8. The van der Waals surface area contributed by atoms with Crippen LogP contribution in [0.4, 0.5) is 14.6 Å². The molecule has 2 aliphatic carbocycles. The maximum absolute atomic E-state index is 14.4. The summed E-state index contributed by atoms with van der Waals surface area (Å²) in [7, 11) is 0. The van der Waals surface area contributed by atoms with E-state index in [1.807, 2.05) is 20.8 Å². The number of anilines is 1. The van der Waals surface area contributed by atoms with Crippen LogP contribution < -0.4 is 16.0 Å². The Hall–Kier alpha value is -2.81. The van der Waals surface area contributed by atoms with Crippen molar-refractivity contribution in [3.63, 3.8) is 0 Å². The Labute approximate surface area is 230 Å². The molecular formula is C30H43F2N5O2. The number of carbonyl (C=O) groups excluding carboxylic acids is 2.